The number of hydrogen-bond donors (Lipinski definition) is 3. The van der Waals surface area contributed by atoms with E-state index in [1.807, 2.05) is 11.4 Å². The first-order valence-electron chi connectivity index (χ1n) is 6.17. The molecule has 0 aliphatic carbocycles. The van der Waals surface area contributed by atoms with Crippen LogP contribution in [0.25, 0.3) is 0 Å². The fourth-order valence-electron chi connectivity index (χ4n) is 1.50. The van der Waals surface area contributed by atoms with Gasteiger partial charge in [0.25, 0.3) is 0 Å². The van der Waals surface area contributed by atoms with Crippen molar-refractivity contribution < 1.29 is 14.0 Å². The third-order valence-electron chi connectivity index (χ3n) is 2.49. The summed E-state index contributed by atoms with van der Waals surface area (Å²) in [6.07, 6.45) is 1.54. The molecule has 2 aromatic rings. The molecule has 0 spiro atoms. The summed E-state index contributed by atoms with van der Waals surface area (Å²) in [5.74, 6) is 0.386. The van der Waals surface area contributed by atoms with E-state index in [1.54, 1.807) is 23.5 Å². The molecule has 0 aromatic carbocycles. The summed E-state index contributed by atoms with van der Waals surface area (Å²) >= 11 is 4.89. The first-order chi connectivity index (χ1) is 10.1. The Bertz CT molecular complexity index is 598. The number of hydrogen-bond acceptors (Lipinski definition) is 4. The van der Waals surface area contributed by atoms with Crippen molar-refractivity contribution in [1.82, 2.24) is 16.0 Å². The maximum absolute atomic E-state index is 11.5. The lowest BCUT2D eigenvalue weighted by Gasteiger charge is -2.07. The maximum Gasteiger partial charge on any atom is 0.315 e. The van der Waals surface area contributed by atoms with Gasteiger partial charge in [-0.1, -0.05) is 0 Å². The SMILES string of the molecule is O=C(CNC(=O)NCc1cc(Br)cs1)NCc1ccco1. The second-order valence-corrected chi connectivity index (χ2v) is 6.04. The quantitative estimate of drug-likeness (QED) is 0.727. The Labute approximate surface area is 134 Å². The van der Waals surface area contributed by atoms with Crippen LogP contribution in [0.4, 0.5) is 4.79 Å². The van der Waals surface area contributed by atoms with Gasteiger partial charge in [-0.3, -0.25) is 4.79 Å². The fraction of sp³-hybridized carbons (Fsp3) is 0.231. The second-order valence-electron chi connectivity index (χ2n) is 4.12. The number of halogens is 1. The molecule has 0 radical (unpaired) electrons. The van der Waals surface area contributed by atoms with Gasteiger partial charge in [0, 0.05) is 14.7 Å². The van der Waals surface area contributed by atoms with E-state index < -0.39 is 0 Å². The molecule has 2 aromatic heterocycles. The molecule has 6 nitrogen and oxygen atoms in total. The standard InChI is InChI=1S/C13H14BrN3O3S/c14-9-4-11(21-8-9)6-16-13(19)17-7-12(18)15-5-10-2-1-3-20-10/h1-4,8H,5-7H2,(H,15,18)(H2,16,17,19). The summed E-state index contributed by atoms with van der Waals surface area (Å²) in [7, 11) is 0. The Morgan fingerprint density at radius 2 is 2.10 bits per heavy atom. The average Bonchev–Trinajstić information content (AvgIpc) is 3.12. The lowest BCUT2D eigenvalue weighted by molar-refractivity contribution is -0.120. The van der Waals surface area contributed by atoms with Crippen LogP contribution in [0, 0.1) is 0 Å². The molecular weight excluding hydrogens is 358 g/mol. The van der Waals surface area contributed by atoms with Crippen LogP contribution in [0.1, 0.15) is 10.6 Å². The number of nitrogens with one attached hydrogen (secondary N) is 3. The van der Waals surface area contributed by atoms with Crippen LogP contribution in [0.15, 0.2) is 38.7 Å². The van der Waals surface area contributed by atoms with Gasteiger partial charge in [-0.25, -0.2) is 4.79 Å². The van der Waals surface area contributed by atoms with E-state index in [9.17, 15) is 9.59 Å². The van der Waals surface area contributed by atoms with Crippen LogP contribution in [0.5, 0.6) is 0 Å². The third-order valence-corrected chi connectivity index (χ3v) is 4.19. The molecule has 3 amide bonds. The minimum absolute atomic E-state index is 0.0827. The van der Waals surface area contributed by atoms with Crippen LogP contribution in [0.3, 0.4) is 0 Å². The predicted molar refractivity (Wildman–Crippen MR) is 82.8 cm³/mol. The fourth-order valence-corrected chi connectivity index (χ4v) is 2.89. The molecule has 0 saturated carbocycles. The summed E-state index contributed by atoms with van der Waals surface area (Å²) in [4.78, 5) is 24.1. The summed E-state index contributed by atoms with van der Waals surface area (Å²) in [5.41, 5.74) is 0. The van der Waals surface area contributed by atoms with Crippen molar-refractivity contribution in [2.75, 3.05) is 6.54 Å². The van der Waals surface area contributed by atoms with Gasteiger partial charge in [-0.2, -0.15) is 0 Å². The molecule has 2 heterocycles. The van der Waals surface area contributed by atoms with Crippen molar-refractivity contribution in [3.8, 4) is 0 Å². The van der Waals surface area contributed by atoms with Crippen LogP contribution >= 0.6 is 27.3 Å². The van der Waals surface area contributed by atoms with Gasteiger partial charge in [0.2, 0.25) is 5.91 Å². The van der Waals surface area contributed by atoms with E-state index in [0.717, 1.165) is 9.35 Å². The van der Waals surface area contributed by atoms with Crippen molar-refractivity contribution in [2.45, 2.75) is 13.1 Å². The first-order valence-corrected chi connectivity index (χ1v) is 7.84. The highest BCUT2D eigenvalue weighted by Crippen LogP contribution is 2.19. The zero-order valence-electron chi connectivity index (χ0n) is 11.0. The summed E-state index contributed by atoms with van der Waals surface area (Å²) in [6, 6.07) is 5.06. The summed E-state index contributed by atoms with van der Waals surface area (Å²) in [5, 5.41) is 9.75. The maximum atomic E-state index is 11.5. The Balaban J connectivity index is 1.60. The zero-order chi connectivity index (χ0) is 15.1. The average molecular weight is 372 g/mol. The first kappa shape index (κ1) is 15.6. The molecule has 2 rings (SSSR count). The Morgan fingerprint density at radius 3 is 2.76 bits per heavy atom. The number of amides is 3. The smallest absolute Gasteiger partial charge is 0.315 e. The highest BCUT2D eigenvalue weighted by molar-refractivity contribution is 9.10. The summed E-state index contributed by atoms with van der Waals surface area (Å²) < 4.78 is 6.07. The Morgan fingerprint density at radius 1 is 1.24 bits per heavy atom. The molecule has 0 aliphatic heterocycles. The van der Waals surface area contributed by atoms with Crippen molar-refractivity contribution in [2.24, 2.45) is 0 Å². The van der Waals surface area contributed by atoms with E-state index in [-0.39, 0.29) is 18.5 Å². The molecule has 0 bridgehead atoms. The predicted octanol–water partition coefficient (Wildman–Crippen LogP) is 2.22. The highest BCUT2D eigenvalue weighted by Gasteiger charge is 2.06. The molecule has 112 valence electrons. The van der Waals surface area contributed by atoms with Crippen molar-refractivity contribution >= 4 is 39.2 Å². The van der Waals surface area contributed by atoms with Crippen molar-refractivity contribution in [3.63, 3.8) is 0 Å². The molecule has 3 N–H and O–H groups in total. The number of urea groups is 1. The monoisotopic (exact) mass is 371 g/mol. The lowest BCUT2D eigenvalue weighted by atomic mass is 10.4. The molecule has 0 saturated heterocycles. The van der Waals surface area contributed by atoms with Gasteiger partial charge >= 0.3 is 6.03 Å². The van der Waals surface area contributed by atoms with Gasteiger partial charge in [0.05, 0.1) is 25.9 Å². The van der Waals surface area contributed by atoms with E-state index in [1.165, 1.54) is 6.26 Å². The van der Waals surface area contributed by atoms with Crippen LogP contribution in [0.2, 0.25) is 0 Å². The van der Waals surface area contributed by atoms with Gasteiger partial charge < -0.3 is 20.4 Å². The van der Waals surface area contributed by atoms with Gasteiger partial charge in [-0.15, -0.1) is 11.3 Å². The number of furan rings is 1. The third kappa shape index (κ3) is 5.60. The zero-order valence-corrected chi connectivity index (χ0v) is 13.4. The van der Waals surface area contributed by atoms with Crippen molar-refractivity contribution in [1.29, 1.82) is 0 Å². The van der Waals surface area contributed by atoms with Crippen molar-refractivity contribution in [3.05, 3.63) is 45.0 Å². The van der Waals surface area contributed by atoms with E-state index in [4.69, 9.17) is 4.42 Å². The minimum atomic E-state index is -0.382. The molecule has 0 atom stereocenters. The topological polar surface area (TPSA) is 83.4 Å². The van der Waals surface area contributed by atoms with Crippen LogP contribution < -0.4 is 16.0 Å². The van der Waals surface area contributed by atoms with E-state index in [0.29, 0.717) is 18.8 Å². The van der Waals surface area contributed by atoms with E-state index >= 15 is 0 Å². The summed E-state index contributed by atoms with van der Waals surface area (Å²) in [6.45, 7) is 0.648. The Hall–Kier alpha value is -1.80. The van der Waals surface area contributed by atoms with Crippen LogP contribution in [-0.2, 0) is 17.9 Å². The lowest BCUT2D eigenvalue weighted by Crippen LogP contribution is -2.41. The largest absolute Gasteiger partial charge is 0.467 e. The van der Waals surface area contributed by atoms with Crippen LogP contribution in [-0.4, -0.2) is 18.5 Å². The minimum Gasteiger partial charge on any atom is -0.467 e. The number of carbonyl (C=O) groups excluding carboxylic acids is 2. The Kier molecular flexibility index (Phi) is 5.82. The second kappa shape index (κ2) is 7.84. The van der Waals surface area contributed by atoms with Gasteiger partial charge in [0.15, 0.2) is 0 Å². The van der Waals surface area contributed by atoms with Gasteiger partial charge in [-0.05, 0) is 34.1 Å². The molecular formula is C13H14BrN3O3S. The molecule has 0 unspecified atom stereocenters. The highest BCUT2D eigenvalue weighted by atomic mass is 79.9. The van der Waals surface area contributed by atoms with E-state index in [2.05, 4.69) is 31.9 Å². The molecule has 0 aliphatic rings. The van der Waals surface area contributed by atoms with Gasteiger partial charge in [0.1, 0.15) is 5.76 Å². The molecule has 21 heavy (non-hydrogen) atoms. The number of carbonyl (C=O) groups is 2. The molecule has 8 heteroatoms. The number of thiophene rings is 1. The molecule has 0 fully saturated rings. The number of rotatable bonds is 6. The normalized spacial score (nSPS) is 10.1.